The molecular formula is C24H26N2O5. The summed E-state index contributed by atoms with van der Waals surface area (Å²) in [6, 6.07) is 16.5. The highest BCUT2D eigenvalue weighted by atomic mass is 16.5. The molecule has 0 saturated carbocycles. The second-order valence-electron chi connectivity index (χ2n) is 7.64. The van der Waals surface area contributed by atoms with Gasteiger partial charge in [0, 0.05) is 25.0 Å². The van der Waals surface area contributed by atoms with Gasteiger partial charge in [-0.15, -0.1) is 0 Å². The lowest BCUT2D eigenvalue weighted by Gasteiger charge is -2.26. The third-order valence-electron chi connectivity index (χ3n) is 5.28. The van der Waals surface area contributed by atoms with E-state index >= 15 is 0 Å². The van der Waals surface area contributed by atoms with Crippen molar-refractivity contribution in [2.24, 2.45) is 0 Å². The number of morpholine rings is 1. The van der Waals surface area contributed by atoms with Crippen molar-refractivity contribution in [3.63, 3.8) is 0 Å². The van der Waals surface area contributed by atoms with Gasteiger partial charge in [0.15, 0.2) is 6.61 Å². The number of carbonyl (C=O) groups is 2. The summed E-state index contributed by atoms with van der Waals surface area (Å²) in [6.07, 6.45) is 0. The summed E-state index contributed by atoms with van der Waals surface area (Å²) >= 11 is 0. The minimum absolute atomic E-state index is 0.335. The molecule has 4 rings (SSSR count). The molecule has 1 amide bonds. The van der Waals surface area contributed by atoms with Crippen LogP contribution in [0.1, 0.15) is 34.6 Å². The molecular weight excluding hydrogens is 396 g/mol. The molecule has 0 radical (unpaired) electrons. The minimum Gasteiger partial charge on any atom is -0.459 e. The summed E-state index contributed by atoms with van der Waals surface area (Å²) in [5.74, 6) is -0.258. The lowest BCUT2D eigenvalue weighted by atomic mass is 10.1. The Bertz CT molecular complexity index is 1000. The number of para-hydroxylation sites is 1. The average molecular weight is 422 g/mol. The van der Waals surface area contributed by atoms with Crippen LogP contribution in [-0.4, -0.2) is 49.7 Å². The highest BCUT2D eigenvalue weighted by molar-refractivity contribution is 5.91. The zero-order valence-electron chi connectivity index (χ0n) is 17.5. The number of carbonyl (C=O) groups excluding carboxylic acids is 2. The van der Waals surface area contributed by atoms with E-state index in [0.717, 1.165) is 49.4 Å². The van der Waals surface area contributed by atoms with E-state index in [-0.39, 0.29) is 18.6 Å². The van der Waals surface area contributed by atoms with Gasteiger partial charge in [0.05, 0.1) is 24.8 Å². The molecule has 2 aromatic carbocycles. The highest BCUT2D eigenvalue weighted by Crippen LogP contribution is 2.23. The zero-order chi connectivity index (χ0) is 21.6. The molecule has 1 atom stereocenters. The number of furan rings is 1. The molecule has 1 aliphatic heterocycles. The van der Waals surface area contributed by atoms with E-state index in [1.165, 1.54) is 0 Å². The van der Waals surface area contributed by atoms with Gasteiger partial charge >= 0.3 is 5.97 Å². The van der Waals surface area contributed by atoms with Gasteiger partial charge in [-0.1, -0.05) is 30.3 Å². The van der Waals surface area contributed by atoms with E-state index in [0.29, 0.717) is 11.3 Å². The fraction of sp³-hybridized carbons (Fsp3) is 0.333. The predicted molar refractivity (Wildman–Crippen MR) is 116 cm³/mol. The van der Waals surface area contributed by atoms with Gasteiger partial charge in [0.1, 0.15) is 11.3 Å². The summed E-state index contributed by atoms with van der Waals surface area (Å²) in [5.41, 5.74) is 2.31. The number of hydrogen-bond acceptors (Lipinski definition) is 6. The van der Waals surface area contributed by atoms with E-state index in [2.05, 4.69) is 10.2 Å². The summed E-state index contributed by atoms with van der Waals surface area (Å²) in [5, 5.41) is 3.77. The third kappa shape index (κ3) is 5.51. The molecule has 2 heterocycles. The molecule has 7 nitrogen and oxygen atoms in total. The Morgan fingerprint density at radius 3 is 2.58 bits per heavy atom. The number of esters is 1. The number of fused-ring (bicyclic) bond motifs is 1. The molecule has 0 unspecified atom stereocenters. The quantitative estimate of drug-likeness (QED) is 0.589. The molecule has 0 spiro atoms. The van der Waals surface area contributed by atoms with Crippen LogP contribution in [-0.2, 0) is 20.8 Å². The maximum Gasteiger partial charge on any atom is 0.338 e. The molecule has 1 fully saturated rings. The van der Waals surface area contributed by atoms with Crippen molar-refractivity contribution in [3.8, 4) is 0 Å². The van der Waals surface area contributed by atoms with Gasteiger partial charge in [-0.2, -0.15) is 0 Å². The summed E-state index contributed by atoms with van der Waals surface area (Å²) in [4.78, 5) is 26.8. The van der Waals surface area contributed by atoms with Gasteiger partial charge in [-0.25, -0.2) is 4.79 Å². The topological polar surface area (TPSA) is 81.0 Å². The Balaban J connectivity index is 1.25. The van der Waals surface area contributed by atoms with E-state index in [1.54, 1.807) is 12.1 Å². The van der Waals surface area contributed by atoms with Crippen LogP contribution in [0.3, 0.4) is 0 Å². The summed E-state index contributed by atoms with van der Waals surface area (Å²) in [6.45, 7) is 5.61. The second-order valence-corrected chi connectivity index (χ2v) is 7.64. The van der Waals surface area contributed by atoms with Gasteiger partial charge in [0.25, 0.3) is 5.91 Å². The first-order valence-corrected chi connectivity index (χ1v) is 10.4. The van der Waals surface area contributed by atoms with E-state index in [4.69, 9.17) is 13.9 Å². The molecule has 1 aromatic heterocycles. The van der Waals surface area contributed by atoms with Gasteiger partial charge in [0.2, 0.25) is 0 Å². The van der Waals surface area contributed by atoms with Crippen molar-refractivity contribution < 1.29 is 23.5 Å². The Morgan fingerprint density at radius 2 is 1.84 bits per heavy atom. The smallest absolute Gasteiger partial charge is 0.338 e. The lowest BCUT2D eigenvalue weighted by molar-refractivity contribution is -0.125. The van der Waals surface area contributed by atoms with Crippen molar-refractivity contribution >= 4 is 22.8 Å². The van der Waals surface area contributed by atoms with Crippen LogP contribution in [0.25, 0.3) is 11.0 Å². The maximum atomic E-state index is 12.3. The molecule has 1 N–H and O–H groups in total. The van der Waals surface area contributed by atoms with Crippen molar-refractivity contribution in [3.05, 3.63) is 71.5 Å². The zero-order valence-corrected chi connectivity index (χ0v) is 17.5. The van der Waals surface area contributed by atoms with Crippen molar-refractivity contribution in [1.82, 2.24) is 10.2 Å². The van der Waals surface area contributed by atoms with Gasteiger partial charge in [-0.3, -0.25) is 9.69 Å². The Hall–Kier alpha value is -3.16. The molecule has 1 aliphatic rings. The van der Waals surface area contributed by atoms with Crippen LogP contribution in [0.5, 0.6) is 0 Å². The number of ether oxygens (including phenoxy) is 2. The Kier molecular flexibility index (Phi) is 6.64. The normalized spacial score (nSPS) is 15.5. The second kappa shape index (κ2) is 9.76. The van der Waals surface area contributed by atoms with Gasteiger partial charge < -0.3 is 19.2 Å². The predicted octanol–water partition coefficient (Wildman–Crippen LogP) is 3.30. The fourth-order valence-corrected chi connectivity index (χ4v) is 3.55. The Morgan fingerprint density at radius 1 is 1.10 bits per heavy atom. The molecule has 7 heteroatoms. The molecule has 162 valence electrons. The number of benzene rings is 2. The number of hydrogen-bond donors (Lipinski definition) is 1. The number of nitrogens with one attached hydrogen (secondary N) is 1. The van der Waals surface area contributed by atoms with Crippen LogP contribution in [0, 0.1) is 0 Å². The van der Waals surface area contributed by atoms with Crippen molar-refractivity contribution in [1.29, 1.82) is 0 Å². The number of rotatable bonds is 7. The van der Waals surface area contributed by atoms with Crippen LogP contribution >= 0.6 is 0 Å². The molecule has 0 bridgehead atoms. The lowest BCUT2D eigenvalue weighted by Crippen LogP contribution is -2.35. The maximum absolute atomic E-state index is 12.3. The van der Waals surface area contributed by atoms with Gasteiger partial charge in [-0.05, 0) is 36.8 Å². The minimum atomic E-state index is -0.524. The van der Waals surface area contributed by atoms with Crippen molar-refractivity contribution in [2.75, 3.05) is 32.9 Å². The van der Waals surface area contributed by atoms with E-state index in [1.807, 2.05) is 49.4 Å². The largest absolute Gasteiger partial charge is 0.459 e. The number of amides is 1. The summed E-state index contributed by atoms with van der Waals surface area (Å²) in [7, 11) is 0. The number of nitrogens with zero attached hydrogens (tertiary/aromatic N) is 1. The average Bonchev–Trinajstić information content (AvgIpc) is 3.23. The first-order valence-electron chi connectivity index (χ1n) is 10.4. The standard InChI is InChI=1S/C24H26N2O5/c1-17(22-14-20-4-2-3-5-21(20)31-22)25-23(27)16-30-24(28)19-8-6-18(7-9-19)15-26-10-12-29-13-11-26/h2-9,14,17H,10-13,15-16H2,1H3,(H,25,27)/t17-/m1/s1. The highest BCUT2D eigenvalue weighted by Gasteiger charge is 2.16. The van der Waals surface area contributed by atoms with E-state index < -0.39 is 5.97 Å². The van der Waals surface area contributed by atoms with Crippen LogP contribution < -0.4 is 5.32 Å². The molecule has 1 saturated heterocycles. The van der Waals surface area contributed by atoms with Crippen molar-refractivity contribution in [2.45, 2.75) is 19.5 Å². The SMILES string of the molecule is C[C@@H](NC(=O)COC(=O)c1ccc(CN2CCOCC2)cc1)c1cc2ccccc2o1. The van der Waals surface area contributed by atoms with Crippen LogP contribution in [0.15, 0.2) is 59.0 Å². The van der Waals surface area contributed by atoms with E-state index in [9.17, 15) is 9.59 Å². The summed E-state index contributed by atoms with van der Waals surface area (Å²) < 4.78 is 16.3. The molecule has 0 aliphatic carbocycles. The monoisotopic (exact) mass is 422 g/mol. The first-order chi connectivity index (χ1) is 15.1. The molecule has 31 heavy (non-hydrogen) atoms. The Labute approximate surface area is 180 Å². The van der Waals surface area contributed by atoms with Crippen LogP contribution in [0.4, 0.5) is 0 Å². The first kappa shape index (κ1) is 21.1. The third-order valence-corrected chi connectivity index (χ3v) is 5.28. The van der Waals surface area contributed by atoms with Crippen LogP contribution in [0.2, 0.25) is 0 Å². The molecule has 3 aromatic rings. The fourth-order valence-electron chi connectivity index (χ4n) is 3.55.